The summed E-state index contributed by atoms with van der Waals surface area (Å²) in [5, 5.41) is 2.60. The minimum atomic E-state index is -3.80. The minimum Gasteiger partial charge on any atom is -0.462 e. The summed E-state index contributed by atoms with van der Waals surface area (Å²) in [6.45, 7) is 3.37. The second-order valence-electron chi connectivity index (χ2n) is 6.00. The number of hydrogen-bond acceptors (Lipinski definition) is 5. The second-order valence-corrected chi connectivity index (χ2v) is 7.86. The molecule has 0 saturated heterocycles. The van der Waals surface area contributed by atoms with Crippen LogP contribution in [0.1, 0.15) is 24.2 Å². The van der Waals surface area contributed by atoms with Gasteiger partial charge < -0.3 is 10.1 Å². The first kappa shape index (κ1) is 21.4. The van der Waals surface area contributed by atoms with E-state index in [9.17, 15) is 22.4 Å². The zero-order chi connectivity index (χ0) is 20.9. The van der Waals surface area contributed by atoms with Gasteiger partial charge in [-0.3, -0.25) is 9.10 Å². The topological polar surface area (TPSA) is 92.8 Å². The normalized spacial score (nSPS) is 12.1. The van der Waals surface area contributed by atoms with E-state index >= 15 is 0 Å². The van der Waals surface area contributed by atoms with Crippen LogP contribution in [0.2, 0.25) is 0 Å². The van der Waals surface area contributed by atoms with Crippen molar-refractivity contribution in [1.29, 1.82) is 0 Å². The Hall–Kier alpha value is -2.94. The molecule has 1 N–H and O–H groups in total. The van der Waals surface area contributed by atoms with Crippen molar-refractivity contribution in [2.45, 2.75) is 19.9 Å². The highest BCUT2D eigenvalue weighted by molar-refractivity contribution is 7.92. The van der Waals surface area contributed by atoms with Gasteiger partial charge in [0.25, 0.3) is 0 Å². The Kier molecular flexibility index (Phi) is 6.74. The zero-order valence-corrected chi connectivity index (χ0v) is 16.5. The number of nitrogens with one attached hydrogen (secondary N) is 1. The molecular formula is C19H21FN2O5S. The molecule has 28 heavy (non-hydrogen) atoms. The third-order valence-electron chi connectivity index (χ3n) is 3.83. The van der Waals surface area contributed by atoms with Gasteiger partial charge in [-0.2, -0.15) is 0 Å². The van der Waals surface area contributed by atoms with E-state index in [1.165, 1.54) is 43.3 Å². The maximum absolute atomic E-state index is 13.2. The van der Waals surface area contributed by atoms with Gasteiger partial charge in [0.05, 0.1) is 24.1 Å². The Morgan fingerprint density at radius 3 is 2.18 bits per heavy atom. The first-order chi connectivity index (χ1) is 13.1. The maximum Gasteiger partial charge on any atom is 0.338 e. The number of amides is 1. The van der Waals surface area contributed by atoms with E-state index in [0.29, 0.717) is 11.3 Å². The molecule has 0 saturated carbocycles. The first-order valence-corrected chi connectivity index (χ1v) is 10.3. The molecule has 2 aromatic rings. The number of nitrogens with zero attached hydrogens (tertiary/aromatic N) is 1. The lowest BCUT2D eigenvalue weighted by atomic mass is 10.2. The van der Waals surface area contributed by atoms with Crippen LogP contribution in [0.5, 0.6) is 0 Å². The van der Waals surface area contributed by atoms with Gasteiger partial charge in [-0.05, 0) is 62.4 Å². The second kappa shape index (κ2) is 8.83. The highest BCUT2D eigenvalue weighted by atomic mass is 32.2. The molecule has 1 amide bonds. The average molecular weight is 408 g/mol. The Morgan fingerprint density at radius 2 is 1.68 bits per heavy atom. The molecule has 7 nitrogen and oxygen atoms in total. The van der Waals surface area contributed by atoms with Crippen LogP contribution in [-0.2, 0) is 19.6 Å². The molecule has 0 aliphatic carbocycles. The number of anilines is 2. The van der Waals surface area contributed by atoms with E-state index in [1.54, 1.807) is 6.92 Å². The molecule has 2 rings (SSSR count). The number of halogens is 1. The predicted octanol–water partition coefficient (Wildman–Crippen LogP) is 2.80. The molecule has 0 fully saturated rings. The summed E-state index contributed by atoms with van der Waals surface area (Å²) < 4.78 is 43.3. The van der Waals surface area contributed by atoms with Crippen molar-refractivity contribution in [3.63, 3.8) is 0 Å². The largest absolute Gasteiger partial charge is 0.462 e. The van der Waals surface area contributed by atoms with Gasteiger partial charge in [-0.25, -0.2) is 17.6 Å². The number of rotatable bonds is 7. The average Bonchev–Trinajstić information content (AvgIpc) is 2.63. The van der Waals surface area contributed by atoms with Crippen LogP contribution >= 0.6 is 0 Å². The summed E-state index contributed by atoms with van der Waals surface area (Å²) in [5.74, 6) is -1.58. The number of benzene rings is 2. The lowest BCUT2D eigenvalue weighted by Gasteiger charge is -2.28. The van der Waals surface area contributed by atoms with E-state index in [2.05, 4.69) is 5.32 Å². The van der Waals surface area contributed by atoms with Crippen molar-refractivity contribution in [3.05, 3.63) is 59.9 Å². The first-order valence-electron chi connectivity index (χ1n) is 8.46. The van der Waals surface area contributed by atoms with Crippen LogP contribution in [0.15, 0.2) is 48.5 Å². The fraction of sp³-hybridized carbons (Fsp3) is 0.263. The van der Waals surface area contributed by atoms with Gasteiger partial charge in [0.2, 0.25) is 15.9 Å². The van der Waals surface area contributed by atoms with E-state index < -0.39 is 33.8 Å². The molecule has 0 radical (unpaired) electrons. The number of esters is 1. The van der Waals surface area contributed by atoms with Gasteiger partial charge >= 0.3 is 5.97 Å². The van der Waals surface area contributed by atoms with Gasteiger partial charge in [0.15, 0.2) is 0 Å². The van der Waals surface area contributed by atoms with E-state index in [-0.39, 0.29) is 12.3 Å². The fourth-order valence-electron chi connectivity index (χ4n) is 2.55. The molecule has 0 unspecified atom stereocenters. The molecule has 150 valence electrons. The van der Waals surface area contributed by atoms with E-state index in [1.807, 2.05) is 0 Å². The lowest BCUT2D eigenvalue weighted by Crippen LogP contribution is -2.45. The highest BCUT2D eigenvalue weighted by Gasteiger charge is 2.29. The summed E-state index contributed by atoms with van der Waals surface area (Å²) in [6, 6.07) is 9.73. The van der Waals surface area contributed by atoms with Crippen LogP contribution in [0.4, 0.5) is 15.8 Å². The number of carbonyl (C=O) groups is 2. The van der Waals surface area contributed by atoms with Gasteiger partial charge in [0, 0.05) is 5.69 Å². The van der Waals surface area contributed by atoms with Crippen molar-refractivity contribution in [3.8, 4) is 0 Å². The Morgan fingerprint density at radius 1 is 1.11 bits per heavy atom. The van der Waals surface area contributed by atoms with Crippen molar-refractivity contribution in [1.82, 2.24) is 0 Å². The molecule has 9 heteroatoms. The van der Waals surface area contributed by atoms with Gasteiger partial charge in [0.1, 0.15) is 11.9 Å². The summed E-state index contributed by atoms with van der Waals surface area (Å²) in [5.41, 5.74) is 0.888. The molecule has 1 atom stereocenters. The highest BCUT2D eigenvalue weighted by Crippen LogP contribution is 2.22. The maximum atomic E-state index is 13.2. The van der Waals surface area contributed by atoms with Crippen molar-refractivity contribution in [2.24, 2.45) is 0 Å². The molecule has 0 aromatic heterocycles. The SMILES string of the molecule is CCOC(=O)c1ccc(NC(=O)[C@H](C)N(c2ccc(F)cc2)S(C)(=O)=O)cc1. The molecular weight excluding hydrogens is 387 g/mol. The van der Waals surface area contributed by atoms with Crippen molar-refractivity contribution >= 4 is 33.3 Å². The van der Waals surface area contributed by atoms with Crippen LogP contribution < -0.4 is 9.62 Å². The Bertz CT molecular complexity index is 943. The summed E-state index contributed by atoms with van der Waals surface area (Å²) >= 11 is 0. The van der Waals surface area contributed by atoms with Crippen molar-refractivity contribution in [2.75, 3.05) is 22.5 Å². The monoisotopic (exact) mass is 408 g/mol. The molecule has 0 bridgehead atoms. The lowest BCUT2D eigenvalue weighted by molar-refractivity contribution is -0.116. The third-order valence-corrected chi connectivity index (χ3v) is 5.07. The number of sulfonamides is 1. The summed E-state index contributed by atoms with van der Waals surface area (Å²) in [4.78, 5) is 24.2. The number of hydrogen-bond donors (Lipinski definition) is 1. The summed E-state index contributed by atoms with van der Waals surface area (Å²) in [7, 11) is -3.80. The molecule has 0 aliphatic heterocycles. The van der Waals surface area contributed by atoms with Crippen LogP contribution in [0, 0.1) is 5.82 Å². The Labute approximate surface area is 163 Å². The van der Waals surface area contributed by atoms with E-state index in [4.69, 9.17) is 4.74 Å². The van der Waals surface area contributed by atoms with Crippen LogP contribution in [0.25, 0.3) is 0 Å². The predicted molar refractivity (Wildman–Crippen MR) is 104 cm³/mol. The summed E-state index contributed by atoms with van der Waals surface area (Å²) in [6.07, 6.45) is 0.967. The van der Waals surface area contributed by atoms with Crippen LogP contribution in [0.3, 0.4) is 0 Å². The fourth-order valence-corrected chi connectivity index (χ4v) is 3.72. The quantitative estimate of drug-likeness (QED) is 0.711. The molecule has 0 aliphatic rings. The zero-order valence-electron chi connectivity index (χ0n) is 15.7. The van der Waals surface area contributed by atoms with Crippen LogP contribution in [-0.4, -0.2) is 39.2 Å². The van der Waals surface area contributed by atoms with Crippen molar-refractivity contribution < 1.29 is 27.1 Å². The van der Waals surface area contributed by atoms with Gasteiger partial charge in [-0.1, -0.05) is 0 Å². The minimum absolute atomic E-state index is 0.171. The third kappa shape index (κ3) is 5.29. The molecule has 2 aromatic carbocycles. The smallest absolute Gasteiger partial charge is 0.338 e. The Balaban J connectivity index is 2.19. The standard InChI is InChI=1S/C19H21FN2O5S/c1-4-27-19(24)14-5-9-16(10-6-14)21-18(23)13(2)22(28(3,25)26)17-11-7-15(20)8-12-17/h5-13H,4H2,1-3H3,(H,21,23)/t13-/m0/s1. The van der Waals surface area contributed by atoms with Gasteiger partial charge in [-0.15, -0.1) is 0 Å². The number of carbonyl (C=O) groups excluding carboxylic acids is 2. The van der Waals surface area contributed by atoms with E-state index in [0.717, 1.165) is 22.7 Å². The molecule has 0 spiro atoms. The molecule has 0 heterocycles. The number of ether oxygens (including phenoxy) is 1.